The number of hydrogen-bond donors (Lipinski definition) is 1. The van der Waals surface area contributed by atoms with Crippen molar-refractivity contribution in [2.75, 3.05) is 5.32 Å². The third-order valence-corrected chi connectivity index (χ3v) is 3.56. The van der Waals surface area contributed by atoms with Crippen LogP contribution in [0.1, 0.15) is 29.8 Å². The molecule has 2 rings (SSSR count). The number of aryl methyl sites for hydroxylation is 1. The number of esters is 1. The van der Waals surface area contributed by atoms with Crippen LogP contribution in [0.4, 0.5) is 5.69 Å². The Morgan fingerprint density at radius 1 is 1.26 bits per heavy atom. The Labute approximate surface area is 139 Å². The molecule has 0 fully saturated rings. The van der Waals surface area contributed by atoms with Gasteiger partial charge in [0, 0.05) is 11.9 Å². The topological polar surface area (TPSA) is 68.3 Å². The van der Waals surface area contributed by atoms with E-state index in [4.69, 9.17) is 16.3 Å². The van der Waals surface area contributed by atoms with Crippen LogP contribution >= 0.6 is 11.6 Å². The number of nitrogens with zero attached hydrogens (tertiary/aromatic N) is 1. The maximum absolute atomic E-state index is 12.1. The number of carbonyl (C=O) groups excluding carboxylic acids is 2. The van der Waals surface area contributed by atoms with Crippen molar-refractivity contribution in [2.45, 2.75) is 26.4 Å². The molecule has 1 amide bonds. The van der Waals surface area contributed by atoms with Gasteiger partial charge in [-0.05, 0) is 43.2 Å². The van der Waals surface area contributed by atoms with Gasteiger partial charge in [-0.1, -0.05) is 30.7 Å². The number of pyridine rings is 1. The number of anilines is 1. The van der Waals surface area contributed by atoms with Crippen molar-refractivity contribution in [3.05, 3.63) is 58.9 Å². The monoisotopic (exact) mass is 332 g/mol. The molecule has 23 heavy (non-hydrogen) atoms. The van der Waals surface area contributed by atoms with Gasteiger partial charge in [-0.2, -0.15) is 0 Å². The molecule has 5 nitrogen and oxygen atoms in total. The van der Waals surface area contributed by atoms with Crippen LogP contribution in [0.25, 0.3) is 0 Å². The lowest BCUT2D eigenvalue weighted by molar-refractivity contribution is -0.123. The van der Waals surface area contributed by atoms with E-state index in [-0.39, 0.29) is 10.7 Å². The summed E-state index contributed by atoms with van der Waals surface area (Å²) in [5.41, 5.74) is 1.95. The third-order valence-electron chi connectivity index (χ3n) is 3.26. The molecule has 0 saturated heterocycles. The summed E-state index contributed by atoms with van der Waals surface area (Å²) >= 11 is 5.83. The van der Waals surface area contributed by atoms with Crippen LogP contribution in [0.15, 0.2) is 42.6 Å². The summed E-state index contributed by atoms with van der Waals surface area (Å²) in [6, 6.07) is 10.5. The first-order valence-corrected chi connectivity index (χ1v) is 7.60. The Bertz CT molecular complexity index is 701. The average Bonchev–Trinajstić information content (AvgIpc) is 2.55. The molecule has 120 valence electrons. The molecule has 0 bridgehead atoms. The Kier molecular flexibility index (Phi) is 5.71. The van der Waals surface area contributed by atoms with E-state index >= 15 is 0 Å². The summed E-state index contributed by atoms with van der Waals surface area (Å²) in [6.07, 6.45) is 1.44. The van der Waals surface area contributed by atoms with Crippen LogP contribution in [-0.4, -0.2) is 23.0 Å². The summed E-state index contributed by atoms with van der Waals surface area (Å²) in [5, 5.41) is 2.74. The number of carbonyl (C=O) groups is 2. The zero-order valence-electron chi connectivity index (χ0n) is 12.9. The summed E-state index contributed by atoms with van der Waals surface area (Å²) in [6.45, 7) is 3.55. The number of benzene rings is 1. The highest BCUT2D eigenvalue weighted by Crippen LogP contribution is 2.15. The molecule has 0 aliphatic rings. The van der Waals surface area contributed by atoms with Gasteiger partial charge in [0.1, 0.15) is 5.15 Å². The van der Waals surface area contributed by atoms with Crippen LogP contribution in [0.2, 0.25) is 5.15 Å². The van der Waals surface area contributed by atoms with Gasteiger partial charge >= 0.3 is 5.97 Å². The van der Waals surface area contributed by atoms with Crippen LogP contribution in [-0.2, 0) is 16.0 Å². The first kappa shape index (κ1) is 17.0. The van der Waals surface area contributed by atoms with Gasteiger partial charge in [-0.25, -0.2) is 9.78 Å². The van der Waals surface area contributed by atoms with E-state index in [0.29, 0.717) is 5.69 Å². The lowest BCUT2D eigenvalue weighted by atomic mass is 10.1. The molecular weight excluding hydrogens is 316 g/mol. The smallest absolute Gasteiger partial charge is 0.342 e. The van der Waals surface area contributed by atoms with Crippen LogP contribution in [0.3, 0.4) is 0 Å². The van der Waals surface area contributed by atoms with Gasteiger partial charge in [-0.3, -0.25) is 4.79 Å². The van der Waals surface area contributed by atoms with Crippen molar-refractivity contribution >= 4 is 29.2 Å². The molecule has 2 aromatic rings. The van der Waals surface area contributed by atoms with Gasteiger partial charge < -0.3 is 10.1 Å². The van der Waals surface area contributed by atoms with Gasteiger partial charge in [-0.15, -0.1) is 0 Å². The largest absolute Gasteiger partial charge is 0.449 e. The normalized spacial score (nSPS) is 11.6. The standard InChI is InChI=1S/C17H17ClN2O3/c1-3-12-6-8-13(9-7-12)20-16(21)11(2)23-17(22)14-5-4-10-19-15(14)18/h4-11H,3H2,1-2H3,(H,20,21)/t11-/m1/s1. The number of ether oxygens (including phenoxy) is 1. The fraction of sp³-hybridized carbons (Fsp3) is 0.235. The predicted molar refractivity (Wildman–Crippen MR) is 88.6 cm³/mol. The van der Waals surface area contributed by atoms with E-state index in [1.807, 2.05) is 24.3 Å². The molecule has 0 aliphatic carbocycles. The number of amides is 1. The molecule has 1 atom stereocenters. The Hall–Kier alpha value is -2.40. The fourth-order valence-electron chi connectivity index (χ4n) is 1.88. The Morgan fingerprint density at radius 2 is 1.96 bits per heavy atom. The minimum absolute atomic E-state index is 0.0419. The van der Waals surface area contributed by atoms with Crippen molar-refractivity contribution in [2.24, 2.45) is 0 Å². The van der Waals surface area contributed by atoms with Gasteiger partial charge in [0.2, 0.25) is 0 Å². The number of halogens is 1. The molecule has 0 aliphatic heterocycles. The molecule has 0 spiro atoms. The number of hydrogen-bond acceptors (Lipinski definition) is 4. The van der Waals surface area contributed by atoms with Gasteiger partial charge in [0.05, 0.1) is 5.56 Å². The van der Waals surface area contributed by atoms with Crippen LogP contribution < -0.4 is 5.32 Å². The maximum atomic E-state index is 12.1. The van der Waals surface area contributed by atoms with Crippen molar-refractivity contribution in [3.8, 4) is 0 Å². The maximum Gasteiger partial charge on any atom is 0.342 e. The van der Waals surface area contributed by atoms with Gasteiger partial charge in [0.15, 0.2) is 6.10 Å². The first-order chi connectivity index (χ1) is 11.0. The highest BCUT2D eigenvalue weighted by Gasteiger charge is 2.20. The van der Waals surface area contributed by atoms with Crippen molar-refractivity contribution in [1.29, 1.82) is 0 Å². The summed E-state index contributed by atoms with van der Waals surface area (Å²) in [4.78, 5) is 27.9. The predicted octanol–water partition coefficient (Wildman–Crippen LogP) is 3.48. The molecule has 0 radical (unpaired) electrons. The Morgan fingerprint density at radius 3 is 2.57 bits per heavy atom. The van der Waals surface area contributed by atoms with Crippen LogP contribution in [0.5, 0.6) is 0 Å². The molecule has 1 N–H and O–H groups in total. The fourth-order valence-corrected chi connectivity index (χ4v) is 2.08. The van der Waals surface area contributed by atoms with Crippen molar-refractivity contribution < 1.29 is 14.3 Å². The number of aromatic nitrogens is 1. The van der Waals surface area contributed by atoms with Crippen molar-refractivity contribution in [1.82, 2.24) is 4.98 Å². The van der Waals surface area contributed by atoms with E-state index in [1.54, 1.807) is 6.07 Å². The zero-order valence-corrected chi connectivity index (χ0v) is 13.6. The quantitative estimate of drug-likeness (QED) is 0.672. The molecule has 6 heteroatoms. The highest BCUT2D eigenvalue weighted by molar-refractivity contribution is 6.32. The van der Waals surface area contributed by atoms with Crippen molar-refractivity contribution in [3.63, 3.8) is 0 Å². The second-order valence-corrected chi connectivity index (χ2v) is 5.29. The van der Waals surface area contributed by atoms with E-state index in [0.717, 1.165) is 6.42 Å². The minimum Gasteiger partial charge on any atom is -0.449 e. The molecule has 1 aromatic carbocycles. The highest BCUT2D eigenvalue weighted by atomic mass is 35.5. The average molecular weight is 333 g/mol. The van der Waals surface area contributed by atoms with E-state index in [9.17, 15) is 9.59 Å². The first-order valence-electron chi connectivity index (χ1n) is 7.22. The molecular formula is C17H17ClN2O3. The number of nitrogens with one attached hydrogen (secondary N) is 1. The van der Waals surface area contributed by atoms with Crippen LogP contribution in [0, 0.1) is 0 Å². The zero-order chi connectivity index (χ0) is 16.8. The van der Waals surface area contributed by atoms with E-state index in [2.05, 4.69) is 17.2 Å². The van der Waals surface area contributed by atoms with E-state index in [1.165, 1.54) is 24.8 Å². The molecule has 0 saturated carbocycles. The minimum atomic E-state index is -0.954. The summed E-state index contributed by atoms with van der Waals surface area (Å²) in [5.74, 6) is -1.10. The Balaban J connectivity index is 1.96. The molecule has 1 aromatic heterocycles. The third kappa shape index (κ3) is 4.53. The summed E-state index contributed by atoms with van der Waals surface area (Å²) < 4.78 is 5.12. The lowest BCUT2D eigenvalue weighted by Crippen LogP contribution is -2.30. The molecule has 0 unspecified atom stereocenters. The second-order valence-electron chi connectivity index (χ2n) is 4.93. The number of rotatable bonds is 5. The van der Waals surface area contributed by atoms with Gasteiger partial charge in [0.25, 0.3) is 5.91 Å². The SMILES string of the molecule is CCc1ccc(NC(=O)[C@@H](C)OC(=O)c2cccnc2Cl)cc1. The molecule has 1 heterocycles. The lowest BCUT2D eigenvalue weighted by Gasteiger charge is -2.14. The van der Waals surface area contributed by atoms with E-state index < -0.39 is 18.0 Å². The second kappa shape index (κ2) is 7.74. The summed E-state index contributed by atoms with van der Waals surface area (Å²) in [7, 11) is 0.